The van der Waals surface area contributed by atoms with E-state index in [2.05, 4.69) is 10.3 Å². The molecule has 0 saturated heterocycles. The van der Waals surface area contributed by atoms with Crippen LogP contribution in [0.2, 0.25) is 0 Å². The quantitative estimate of drug-likeness (QED) is 0.761. The van der Waals surface area contributed by atoms with Gasteiger partial charge in [0.05, 0.1) is 16.3 Å². The number of ether oxygens (including phenoxy) is 1. The molecule has 1 amide bonds. The van der Waals surface area contributed by atoms with Gasteiger partial charge in [0.1, 0.15) is 5.75 Å². The van der Waals surface area contributed by atoms with E-state index in [1.54, 1.807) is 23.5 Å². The van der Waals surface area contributed by atoms with Crippen molar-refractivity contribution in [1.82, 2.24) is 4.98 Å². The molecule has 0 fully saturated rings. The van der Waals surface area contributed by atoms with Gasteiger partial charge >= 0.3 is 0 Å². The zero-order chi connectivity index (χ0) is 15.8. The third-order valence-electron chi connectivity index (χ3n) is 3.69. The van der Waals surface area contributed by atoms with Crippen LogP contribution in [0.5, 0.6) is 11.5 Å². The molecule has 0 bridgehead atoms. The lowest BCUT2D eigenvalue weighted by Crippen LogP contribution is -2.10. The van der Waals surface area contributed by atoms with E-state index in [0.29, 0.717) is 22.7 Å². The number of hydrogen-bond donors (Lipinski definition) is 1. The van der Waals surface area contributed by atoms with Crippen LogP contribution in [0, 0.1) is 6.92 Å². The Bertz CT molecular complexity index is 902. The van der Waals surface area contributed by atoms with Gasteiger partial charge in [0.2, 0.25) is 0 Å². The third kappa shape index (κ3) is 2.71. The fourth-order valence-electron chi connectivity index (χ4n) is 2.61. The minimum Gasteiger partial charge on any atom is -0.454 e. The second-order valence-electron chi connectivity index (χ2n) is 5.41. The molecule has 1 aliphatic heterocycles. The van der Waals surface area contributed by atoms with Crippen molar-refractivity contribution < 1.29 is 9.53 Å². The van der Waals surface area contributed by atoms with E-state index in [1.807, 2.05) is 43.5 Å². The van der Waals surface area contributed by atoms with E-state index in [4.69, 9.17) is 4.74 Å². The highest BCUT2D eigenvalue weighted by atomic mass is 32.1. The van der Waals surface area contributed by atoms with Gasteiger partial charge in [-0.2, -0.15) is 0 Å². The Morgan fingerprint density at radius 3 is 2.87 bits per heavy atom. The van der Waals surface area contributed by atoms with Gasteiger partial charge in [-0.3, -0.25) is 4.79 Å². The van der Waals surface area contributed by atoms with Gasteiger partial charge in [-0.05, 0) is 36.8 Å². The van der Waals surface area contributed by atoms with Crippen LogP contribution >= 0.6 is 11.3 Å². The molecule has 0 spiro atoms. The van der Waals surface area contributed by atoms with Crippen molar-refractivity contribution in [3.8, 4) is 11.5 Å². The van der Waals surface area contributed by atoms with Gasteiger partial charge in [0, 0.05) is 17.5 Å². The number of aromatic nitrogens is 1. The molecule has 0 saturated carbocycles. The molecule has 5 heteroatoms. The Morgan fingerprint density at radius 1 is 1.17 bits per heavy atom. The fraction of sp³-hybridized carbons (Fsp3) is 0.111. The lowest BCUT2D eigenvalue weighted by molar-refractivity contribution is 0.102. The number of nitrogens with zero attached hydrogens (tertiary/aromatic N) is 1. The van der Waals surface area contributed by atoms with Crippen molar-refractivity contribution in [2.75, 3.05) is 5.32 Å². The van der Waals surface area contributed by atoms with Gasteiger partial charge in [0.15, 0.2) is 5.75 Å². The highest BCUT2D eigenvalue weighted by molar-refractivity contribution is 7.11. The second-order valence-corrected chi connectivity index (χ2v) is 6.72. The first-order valence-electron chi connectivity index (χ1n) is 7.31. The molecule has 3 aromatic rings. The van der Waals surface area contributed by atoms with E-state index in [9.17, 15) is 4.79 Å². The molecule has 4 nitrogen and oxygen atoms in total. The number of para-hydroxylation sites is 1. The number of carbonyl (C=O) groups is 1. The van der Waals surface area contributed by atoms with Gasteiger partial charge in [0.25, 0.3) is 5.91 Å². The molecule has 0 atom stereocenters. The van der Waals surface area contributed by atoms with Gasteiger partial charge in [-0.1, -0.05) is 18.2 Å². The molecule has 0 unspecified atom stereocenters. The Balaban J connectivity index is 1.68. The molecule has 2 heterocycles. The summed E-state index contributed by atoms with van der Waals surface area (Å²) >= 11 is 1.68. The van der Waals surface area contributed by atoms with Crippen LogP contribution in [0.1, 0.15) is 25.8 Å². The molecule has 1 aliphatic rings. The molecule has 2 aromatic carbocycles. The number of aryl methyl sites for hydroxylation is 1. The lowest BCUT2D eigenvalue weighted by Gasteiger charge is -2.09. The van der Waals surface area contributed by atoms with Crippen molar-refractivity contribution in [2.24, 2.45) is 0 Å². The largest absolute Gasteiger partial charge is 0.454 e. The first-order valence-corrected chi connectivity index (χ1v) is 8.13. The van der Waals surface area contributed by atoms with Crippen LogP contribution in [-0.4, -0.2) is 10.9 Å². The Kier molecular flexibility index (Phi) is 3.35. The first kappa shape index (κ1) is 14.0. The van der Waals surface area contributed by atoms with Crippen molar-refractivity contribution in [3.05, 3.63) is 69.7 Å². The summed E-state index contributed by atoms with van der Waals surface area (Å²) in [4.78, 5) is 17.8. The Hall–Kier alpha value is -2.66. The molecular weight excluding hydrogens is 308 g/mol. The maximum absolute atomic E-state index is 12.3. The zero-order valence-corrected chi connectivity index (χ0v) is 13.3. The summed E-state index contributed by atoms with van der Waals surface area (Å²) in [5.74, 6) is 1.09. The maximum atomic E-state index is 12.3. The molecule has 4 rings (SSSR count). The highest BCUT2D eigenvalue weighted by Gasteiger charge is 2.20. The summed E-state index contributed by atoms with van der Waals surface area (Å²) in [6.45, 7) is 2.00. The van der Waals surface area contributed by atoms with Crippen molar-refractivity contribution in [1.29, 1.82) is 0 Å². The smallest absolute Gasteiger partial charge is 0.259 e. The number of rotatable bonds is 2. The van der Waals surface area contributed by atoms with Crippen molar-refractivity contribution in [2.45, 2.75) is 13.3 Å². The van der Waals surface area contributed by atoms with E-state index >= 15 is 0 Å². The maximum Gasteiger partial charge on any atom is 0.259 e. The van der Waals surface area contributed by atoms with E-state index < -0.39 is 0 Å². The summed E-state index contributed by atoms with van der Waals surface area (Å²) in [5.41, 5.74) is 2.36. The summed E-state index contributed by atoms with van der Waals surface area (Å²) in [6.07, 6.45) is 2.69. The van der Waals surface area contributed by atoms with Crippen molar-refractivity contribution >= 4 is 22.9 Å². The summed E-state index contributed by atoms with van der Waals surface area (Å²) in [5, 5.41) is 3.99. The molecule has 1 N–H and O–H groups in total. The second kappa shape index (κ2) is 5.52. The van der Waals surface area contributed by atoms with Gasteiger partial charge in [-0.25, -0.2) is 4.98 Å². The number of carbonyl (C=O) groups excluding carboxylic acids is 1. The predicted octanol–water partition coefficient (Wildman–Crippen LogP) is 4.40. The van der Waals surface area contributed by atoms with Crippen LogP contribution in [0.15, 0.2) is 48.7 Å². The van der Waals surface area contributed by atoms with Crippen LogP contribution < -0.4 is 10.1 Å². The number of benzene rings is 2. The summed E-state index contributed by atoms with van der Waals surface area (Å²) in [7, 11) is 0. The SMILES string of the molecule is Cc1ncc(Cc2ccc3c(c2)NC(=O)c2ccccc2O3)s1. The van der Waals surface area contributed by atoms with Crippen LogP contribution in [-0.2, 0) is 6.42 Å². The van der Waals surface area contributed by atoms with Crippen molar-refractivity contribution in [3.63, 3.8) is 0 Å². The summed E-state index contributed by atoms with van der Waals surface area (Å²) < 4.78 is 5.89. The topological polar surface area (TPSA) is 51.2 Å². The third-order valence-corrected chi connectivity index (χ3v) is 4.60. The van der Waals surface area contributed by atoms with Crippen LogP contribution in [0.4, 0.5) is 5.69 Å². The highest BCUT2D eigenvalue weighted by Crippen LogP contribution is 2.36. The minimum absolute atomic E-state index is 0.148. The minimum atomic E-state index is -0.148. The van der Waals surface area contributed by atoms with Gasteiger partial charge < -0.3 is 10.1 Å². The lowest BCUT2D eigenvalue weighted by atomic mass is 10.1. The molecule has 0 aliphatic carbocycles. The molecule has 23 heavy (non-hydrogen) atoms. The fourth-order valence-corrected chi connectivity index (χ4v) is 3.44. The molecular formula is C18H14N2O2S. The predicted molar refractivity (Wildman–Crippen MR) is 90.6 cm³/mol. The number of nitrogens with one attached hydrogen (secondary N) is 1. The number of amides is 1. The summed E-state index contributed by atoms with van der Waals surface area (Å²) in [6, 6.07) is 13.1. The van der Waals surface area contributed by atoms with E-state index in [-0.39, 0.29) is 5.91 Å². The van der Waals surface area contributed by atoms with Crippen LogP contribution in [0.25, 0.3) is 0 Å². The Morgan fingerprint density at radius 2 is 2.04 bits per heavy atom. The number of thiazole rings is 1. The number of anilines is 1. The zero-order valence-electron chi connectivity index (χ0n) is 12.5. The van der Waals surface area contributed by atoms with E-state index in [1.165, 1.54) is 4.88 Å². The number of fused-ring (bicyclic) bond motifs is 2. The van der Waals surface area contributed by atoms with Crippen LogP contribution in [0.3, 0.4) is 0 Å². The monoisotopic (exact) mass is 322 g/mol. The van der Waals surface area contributed by atoms with E-state index in [0.717, 1.165) is 17.0 Å². The number of hydrogen-bond acceptors (Lipinski definition) is 4. The normalized spacial score (nSPS) is 12.7. The average Bonchev–Trinajstić information content (AvgIpc) is 2.88. The van der Waals surface area contributed by atoms with Gasteiger partial charge in [-0.15, -0.1) is 11.3 Å². The molecule has 0 radical (unpaired) electrons. The standard InChI is InChI=1S/C18H14N2O2S/c1-11-19-10-13(23-11)8-12-6-7-17-15(9-12)20-18(21)14-4-2-3-5-16(14)22-17/h2-7,9-10H,8H2,1H3,(H,20,21). The average molecular weight is 322 g/mol. The molecule has 114 valence electrons. The first-order chi connectivity index (χ1) is 11.2. The molecule has 1 aromatic heterocycles. The Labute approximate surface area is 137 Å².